The van der Waals surface area contributed by atoms with Gasteiger partial charge in [-0.25, -0.2) is 13.1 Å². The monoisotopic (exact) mass is 452 g/mol. The maximum atomic E-state index is 12.6. The van der Waals surface area contributed by atoms with Gasteiger partial charge in [0.15, 0.2) is 11.5 Å². The highest BCUT2D eigenvalue weighted by molar-refractivity contribution is 7.89. The van der Waals surface area contributed by atoms with E-state index in [0.717, 1.165) is 25.1 Å². The number of anilines is 1. The molecule has 3 aromatic carbocycles. The number of fused-ring (bicyclic) bond motifs is 1. The number of methoxy groups -OCH3 is 2. The Kier molecular flexibility index (Phi) is 6.67. The Hall–Kier alpha value is -3.03. The molecule has 0 radical (unpaired) electrons. The molecule has 32 heavy (non-hydrogen) atoms. The molecule has 0 atom stereocenters. The van der Waals surface area contributed by atoms with Crippen molar-refractivity contribution in [3.05, 3.63) is 83.4 Å². The lowest BCUT2D eigenvalue weighted by Crippen LogP contribution is -2.30. The molecule has 0 aromatic heterocycles. The summed E-state index contributed by atoms with van der Waals surface area (Å²) in [5.41, 5.74) is 5.09. The lowest BCUT2D eigenvalue weighted by atomic mass is 9.99. The smallest absolute Gasteiger partial charge is 0.240 e. The first-order valence-corrected chi connectivity index (χ1v) is 12.1. The third kappa shape index (κ3) is 4.89. The highest BCUT2D eigenvalue weighted by Gasteiger charge is 2.18. The normalized spacial score (nSPS) is 13.5. The van der Waals surface area contributed by atoms with Crippen molar-refractivity contribution in [3.63, 3.8) is 0 Å². The van der Waals surface area contributed by atoms with Gasteiger partial charge in [-0.05, 0) is 53.8 Å². The van der Waals surface area contributed by atoms with Crippen molar-refractivity contribution in [1.82, 2.24) is 4.72 Å². The summed E-state index contributed by atoms with van der Waals surface area (Å²) >= 11 is 0. The number of nitrogens with one attached hydrogen (secondary N) is 1. The summed E-state index contributed by atoms with van der Waals surface area (Å²) in [6, 6.07) is 21.5. The van der Waals surface area contributed by atoms with Crippen molar-refractivity contribution < 1.29 is 17.9 Å². The molecule has 0 fully saturated rings. The molecule has 0 aliphatic carbocycles. The van der Waals surface area contributed by atoms with Gasteiger partial charge < -0.3 is 14.4 Å². The predicted molar refractivity (Wildman–Crippen MR) is 126 cm³/mol. The zero-order valence-corrected chi connectivity index (χ0v) is 19.2. The van der Waals surface area contributed by atoms with Crippen LogP contribution in [0.1, 0.15) is 16.7 Å². The average molecular weight is 453 g/mol. The van der Waals surface area contributed by atoms with Gasteiger partial charge in [-0.3, -0.25) is 0 Å². The van der Waals surface area contributed by atoms with Crippen LogP contribution in [-0.2, 0) is 29.4 Å². The van der Waals surface area contributed by atoms with Crippen LogP contribution in [-0.4, -0.2) is 35.7 Å². The van der Waals surface area contributed by atoms with Crippen LogP contribution in [0.5, 0.6) is 11.5 Å². The first kappa shape index (κ1) is 22.2. The van der Waals surface area contributed by atoms with Crippen LogP contribution in [0.4, 0.5) is 5.69 Å². The van der Waals surface area contributed by atoms with Gasteiger partial charge in [0.1, 0.15) is 0 Å². The van der Waals surface area contributed by atoms with E-state index < -0.39 is 10.0 Å². The largest absolute Gasteiger partial charge is 0.493 e. The van der Waals surface area contributed by atoms with Crippen LogP contribution in [0.15, 0.2) is 71.6 Å². The zero-order valence-electron chi connectivity index (χ0n) is 18.4. The molecule has 168 valence electrons. The van der Waals surface area contributed by atoms with E-state index in [1.807, 2.05) is 0 Å². The number of rotatable bonds is 8. The van der Waals surface area contributed by atoms with Gasteiger partial charge in [-0.15, -0.1) is 0 Å². The lowest BCUT2D eigenvalue weighted by Gasteiger charge is -2.30. The SMILES string of the molecule is COc1ccc(S(=O)(=O)NCCc2ccc(N3CCc4ccccc4C3)cc2)cc1OC. The molecule has 0 bridgehead atoms. The van der Waals surface area contributed by atoms with Crippen LogP contribution in [0, 0.1) is 0 Å². The number of benzene rings is 3. The molecule has 1 N–H and O–H groups in total. The van der Waals surface area contributed by atoms with E-state index in [9.17, 15) is 8.42 Å². The van der Waals surface area contributed by atoms with Gasteiger partial charge >= 0.3 is 0 Å². The molecule has 0 amide bonds. The molecule has 6 nitrogen and oxygen atoms in total. The number of nitrogens with zero attached hydrogens (tertiary/aromatic N) is 1. The van der Waals surface area contributed by atoms with E-state index >= 15 is 0 Å². The standard InChI is InChI=1S/C25H28N2O4S/c1-30-24-12-11-23(17-25(24)31-2)32(28,29)26-15-13-19-7-9-22(10-8-19)27-16-14-20-5-3-4-6-21(20)18-27/h3-12,17,26H,13-16,18H2,1-2H3. The Labute approximate surface area is 189 Å². The lowest BCUT2D eigenvalue weighted by molar-refractivity contribution is 0.354. The molecule has 1 aliphatic heterocycles. The first-order chi connectivity index (χ1) is 15.5. The van der Waals surface area contributed by atoms with Gasteiger partial charge in [0.2, 0.25) is 10.0 Å². The summed E-state index contributed by atoms with van der Waals surface area (Å²) in [4.78, 5) is 2.53. The van der Waals surface area contributed by atoms with E-state index in [4.69, 9.17) is 9.47 Å². The maximum Gasteiger partial charge on any atom is 0.240 e. The second kappa shape index (κ2) is 9.63. The maximum absolute atomic E-state index is 12.6. The van der Waals surface area contributed by atoms with E-state index in [2.05, 4.69) is 58.2 Å². The Morgan fingerprint density at radius 1 is 0.906 bits per heavy atom. The van der Waals surface area contributed by atoms with Crippen molar-refractivity contribution in [1.29, 1.82) is 0 Å². The fraction of sp³-hybridized carbons (Fsp3) is 0.280. The fourth-order valence-electron chi connectivity index (χ4n) is 3.99. The number of sulfonamides is 1. The van der Waals surface area contributed by atoms with Crippen molar-refractivity contribution >= 4 is 15.7 Å². The molecule has 3 aromatic rings. The topological polar surface area (TPSA) is 67.9 Å². The summed E-state index contributed by atoms with van der Waals surface area (Å²) in [6.45, 7) is 2.23. The molecule has 0 spiro atoms. The van der Waals surface area contributed by atoms with E-state index in [1.165, 1.54) is 43.2 Å². The number of hydrogen-bond acceptors (Lipinski definition) is 5. The second-order valence-electron chi connectivity index (χ2n) is 7.77. The molecule has 7 heteroatoms. The first-order valence-electron chi connectivity index (χ1n) is 10.6. The van der Waals surface area contributed by atoms with Crippen LogP contribution in [0.3, 0.4) is 0 Å². The molecule has 0 saturated heterocycles. The van der Waals surface area contributed by atoms with Crippen LogP contribution in [0.2, 0.25) is 0 Å². The van der Waals surface area contributed by atoms with Crippen LogP contribution < -0.4 is 19.1 Å². The van der Waals surface area contributed by atoms with Crippen molar-refractivity contribution in [2.24, 2.45) is 0 Å². The number of ether oxygens (including phenoxy) is 2. The average Bonchev–Trinajstić information content (AvgIpc) is 2.83. The Balaban J connectivity index is 1.35. The van der Waals surface area contributed by atoms with E-state index in [1.54, 1.807) is 6.07 Å². The van der Waals surface area contributed by atoms with Gasteiger partial charge in [0, 0.05) is 31.4 Å². The fourth-order valence-corrected chi connectivity index (χ4v) is 5.03. The molecule has 0 unspecified atom stereocenters. The highest BCUT2D eigenvalue weighted by Crippen LogP contribution is 2.29. The molecular weight excluding hydrogens is 424 g/mol. The number of hydrogen-bond donors (Lipinski definition) is 1. The highest BCUT2D eigenvalue weighted by atomic mass is 32.2. The molecule has 0 saturated carbocycles. The van der Waals surface area contributed by atoms with E-state index in [0.29, 0.717) is 24.5 Å². The Morgan fingerprint density at radius 3 is 2.34 bits per heavy atom. The minimum absolute atomic E-state index is 0.149. The predicted octanol–water partition coefficient (Wildman–Crippen LogP) is 3.79. The van der Waals surface area contributed by atoms with E-state index in [-0.39, 0.29) is 4.90 Å². The van der Waals surface area contributed by atoms with Gasteiger partial charge in [-0.2, -0.15) is 0 Å². The minimum atomic E-state index is -3.64. The second-order valence-corrected chi connectivity index (χ2v) is 9.54. The van der Waals surface area contributed by atoms with Gasteiger partial charge in [0.05, 0.1) is 19.1 Å². The minimum Gasteiger partial charge on any atom is -0.493 e. The summed E-state index contributed by atoms with van der Waals surface area (Å²) in [5.74, 6) is 0.870. The molecule has 4 rings (SSSR count). The summed E-state index contributed by atoms with van der Waals surface area (Å²) < 4.78 is 38.3. The summed E-state index contributed by atoms with van der Waals surface area (Å²) in [6.07, 6.45) is 1.66. The summed E-state index contributed by atoms with van der Waals surface area (Å²) in [7, 11) is -0.642. The third-order valence-electron chi connectivity index (χ3n) is 5.80. The van der Waals surface area contributed by atoms with Crippen LogP contribution >= 0.6 is 0 Å². The molecule has 1 aliphatic rings. The Morgan fingerprint density at radius 2 is 1.62 bits per heavy atom. The van der Waals surface area contributed by atoms with Gasteiger partial charge in [0.25, 0.3) is 0 Å². The van der Waals surface area contributed by atoms with Gasteiger partial charge in [-0.1, -0.05) is 36.4 Å². The van der Waals surface area contributed by atoms with Crippen molar-refractivity contribution in [2.75, 3.05) is 32.2 Å². The van der Waals surface area contributed by atoms with Crippen molar-refractivity contribution in [3.8, 4) is 11.5 Å². The summed E-state index contributed by atoms with van der Waals surface area (Å²) in [5, 5.41) is 0. The quantitative estimate of drug-likeness (QED) is 0.563. The Bertz CT molecular complexity index is 1180. The molecule has 1 heterocycles. The van der Waals surface area contributed by atoms with Crippen molar-refractivity contribution in [2.45, 2.75) is 24.3 Å². The molecular formula is C25H28N2O4S. The zero-order chi connectivity index (χ0) is 22.6. The van der Waals surface area contributed by atoms with Crippen LogP contribution in [0.25, 0.3) is 0 Å². The third-order valence-corrected chi connectivity index (χ3v) is 7.26.